The number of rotatable bonds is 4. The van der Waals surface area contributed by atoms with Crippen molar-refractivity contribution in [1.82, 2.24) is 0 Å². The second-order valence-electron chi connectivity index (χ2n) is 5.30. The Kier molecular flexibility index (Phi) is 4.27. The highest BCUT2D eigenvalue weighted by atomic mass is 35.5. The summed E-state index contributed by atoms with van der Waals surface area (Å²) in [5.41, 5.74) is 4.79. The molecule has 22 heavy (non-hydrogen) atoms. The van der Waals surface area contributed by atoms with Crippen molar-refractivity contribution in [2.75, 3.05) is 5.32 Å². The lowest BCUT2D eigenvalue weighted by Crippen LogP contribution is -2.01. The number of hydrogen-bond acceptors (Lipinski definition) is 3. The van der Waals surface area contributed by atoms with Gasteiger partial charge in [-0.15, -0.1) is 0 Å². The van der Waals surface area contributed by atoms with E-state index in [1.165, 1.54) is 11.1 Å². The topological polar surface area (TPSA) is 38.3 Å². The fourth-order valence-electron chi connectivity index (χ4n) is 2.41. The SMILES string of the molecule is C/C(=C/C(=O)c1ccc(Cl)cc1)Nc1ccc2c(c1)COC2. The standard InChI is InChI=1S/C18H16ClNO2/c1-12(8-18(21)13-2-5-16(19)6-3-13)20-17-7-4-14-10-22-11-15(14)9-17/h2-9,20H,10-11H2,1H3/b12-8-. The molecule has 3 rings (SSSR count). The van der Waals surface area contributed by atoms with Gasteiger partial charge in [0.05, 0.1) is 13.2 Å². The summed E-state index contributed by atoms with van der Waals surface area (Å²) < 4.78 is 5.40. The first kappa shape index (κ1) is 14.8. The average molecular weight is 314 g/mol. The summed E-state index contributed by atoms with van der Waals surface area (Å²) in [6.45, 7) is 3.20. The van der Waals surface area contributed by atoms with Crippen LogP contribution in [-0.4, -0.2) is 5.78 Å². The van der Waals surface area contributed by atoms with E-state index in [0.717, 1.165) is 11.4 Å². The number of benzene rings is 2. The van der Waals surface area contributed by atoms with Crippen LogP contribution in [0.15, 0.2) is 54.2 Å². The molecule has 1 aliphatic rings. The van der Waals surface area contributed by atoms with E-state index in [4.69, 9.17) is 16.3 Å². The second-order valence-corrected chi connectivity index (χ2v) is 5.74. The van der Waals surface area contributed by atoms with Crippen LogP contribution in [0.5, 0.6) is 0 Å². The molecule has 1 heterocycles. The zero-order valence-electron chi connectivity index (χ0n) is 12.2. The first-order valence-electron chi connectivity index (χ1n) is 7.06. The van der Waals surface area contributed by atoms with Crippen molar-refractivity contribution >= 4 is 23.1 Å². The normalized spacial score (nSPS) is 13.8. The van der Waals surface area contributed by atoms with Gasteiger partial charge < -0.3 is 10.1 Å². The zero-order valence-corrected chi connectivity index (χ0v) is 13.0. The minimum Gasteiger partial charge on any atom is -0.372 e. The molecule has 2 aromatic carbocycles. The minimum atomic E-state index is -0.0499. The summed E-state index contributed by atoms with van der Waals surface area (Å²) in [7, 11) is 0. The quantitative estimate of drug-likeness (QED) is 0.664. The molecular weight excluding hydrogens is 298 g/mol. The molecule has 1 N–H and O–H groups in total. The number of carbonyl (C=O) groups excluding carboxylic acids is 1. The third-order valence-electron chi connectivity index (χ3n) is 3.54. The molecule has 0 aliphatic carbocycles. The molecule has 0 atom stereocenters. The van der Waals surface area contributed by atoms with Gasteiger partial charge in [-0.05, 0) is 54.4 Å². The maximum absolute atomic E-state index is 12.2. The van der Waals surface area contributed by atoms with Gasteiger partial charge in [0.1, 0.15) is 0 Å². The van der Waals surface area contributed by atoms with Gasteiger partial charge >= 0.3 is 0 Å². The fraction of sp³-hybridized carbons (Fsp3) is 0.167. The molecule has 112 valence electrons. The number of carbonyl (C=O) groups is 1. The Balaban J connectivity index is 1.72. The Morgan fingerprint density at radius 1 is 1.14 bits per heavy atom. The molecule has 0 bridgehead atoms. The largest absolute Gasteiger partial charge is 0.372 e. The van der Waals surface area contributed by atoms with Gasteiger partial charge in [0, 0.05) is 28.0 Å². The van der Waals surface area contributed by atoms with E-state index in [0.29, 0.717) is 23.8 Å². The molecule has 4 heteroatoms. The third kappa shape index (κ3) is 3.38. The van der Waals surface area contributed by atoms with Gasteiger partial charge in [-0.25, -0.2) is 0 Å². The lowest BCUT2D eigenvalue weighted by molar-refractivity contribution is 0.104. The summed E-state index contributed by atoms with van der Waals surface area (Å²) in [5, 5.41) is 3.86. The maximum Gasteiger partial charge on any atom is 0.187 e. The van der Waals surface area contributed by atoms with Crippen LogP contribution in [0.4, 0.5) is 5.69 Å². The Labute approximate surface area is 134 Å². The Bertz CT molecular complexity index is 735. The van der Waals surface area contributed by atoms with Crippen LogP contribution < -0.4 is 5.32 Å². The summed E-state index contributed by atoms with van der Waals surface area (Å²) in [6.07, 6.45) is 1.59. The highest BCUT2D eigenvalue weighted by molar-refractivity contribution is 6.30. The molecule has 0 unspecified atom stereocenters. The summed E-state index contributed by atoms with van der Waals surface area (Å²) in [6, 6.07) is 13.0. The van der Waals surface area contributed by atoms with Crippen molar-refractivity contribution in [1.29, 1.82) is 0 Å². The number of hydrogen-bond donors (Lipinski definition) is 1. The van der Waals surface area contributed by atoms with E-state index < -0.39 is 0 Å². The van der Waals surface area contributed by atoms with Crippen molar-refractivity contribution in [3.05, 3.63) is 76.0 Å². The zero-order chi connectivity index (χ0) is 15.5. The van der Waals surface area contributed by atoms with E-state index >= 15 is 0 Å². The first-order chi connectivity index (χ1) is 10.6. The molecule has 0 saturated heterocycles. The van der Waals surface area contributed by atoms with Crippen LogP contribution in [0, 0.1) is 0 Å². The number of ether oxygens (including phenoxy) is 1. The predicted octanol–water partition coefficient (Wildman–Crippen LogP) is 4.57. The van der Waals surface area contributed by atoms with Crippen LogP contribution in [0.2, 0.25) is 5.02 Å². The van der Waals surface area contributed by atoms with E-state index in [2.05, 4.69) is 17.4 Å². The molecule has 0 aromatic heterocycles. The highest BCUT2D eigenvalue weighted by Gasteiger charge is 2.11. The third-order valence-corrected chi connectivity index (χ3v) is 3.79. The summed E-state index contributed by atoms with van der Waals surface area (Å²) >= 11 is 5.83. The van der Waals surface area contributed by atoms with Crippen molar-refractivity contribution in [3.8, 4) is 0 Å². The number of nitrogens with one attached hydrogen (secondary N) is 1. The van der Waals surface area contributed by atoms with Crippen molar-refractivity contribution < 1.29 is 9.53 Å². The lowest BCUT2D eigenvalue weighted by Gasteiger charge is -2.08. The van der Waals surface area contributed by atoms with Crippen LogP contribution in [0.1, 0.15) is 28.4 Å². The predicted molar refractivity (Wildman–Crippen MR) is 88.1 cm³/mol. The molecule has 1 aliphatic heterocycles. The van der Waals surface area contributed by atoms with Crippen molar-refractivity contribution in [2.45, 2.75) is 20.1 Å². The molecule has 0 saturated carbocycles. The summed E-state index contributed by atoms with van der Waals surface area (Å²) in [5.74, 6) is -0.0499. The molecule has 0 radical (unpaired) electrons. The minimum absolute atomic E-state index is 0.0499. The molecule has 0 spiro atoms. The monoisotopic (exact) mass is 313 g/mol. The number of anilines is 1. The van der Waals surface area contributed by atoms with Gasteiger partial charge in [-0.3, -0.25) is 4.79 Å². The molecule has 3 nitrogen and oxygen atoms in total. The molecule has 0 amide bonds. The van der Waals surface area contributed by atoms with Crippen LogP contribution in [0.3, 0.4) is 0 Å². The maximum atomic E-state index is 12.2. The van der Waals surface area contributed by atoms with Gasteiger partial charge in [-0.2, -0.15) is 0 Å². The highest BCUT2D eigenvalue weighted by Crippen LogP contribution is 2.24. The fourth-order valence-corrected chi connectivity index (χ4v) is 2.53. The van der Waals surface area contributed by atoms with Crippen molar-refractivity contribution in [3.63, 3.8) is 0 Å². The number of ketones is 1. The van der Waals surface area contributed by atoms with Gasteiger partial charge in [0.15, 0.2) is 5.78 Å². The van der Waals surface area contributed by atoms with E-state index in [1.807, 2.05) is 13.0 Å². The van der Waals surface area contributed by atoms with Gasteiger partial charge in [0.2, 0.25) is 0 Å². The molecular formula is C18H16ClNO2. The van der Waals surface area contributed by atoms with Crippen LogP contribution in [-0.2, 0) is 18.0 Å². The van der Waals surface area contributed by atoms with Crippen LogP contribution in [0.25, 0.3) is 0 Å². The number of fused-ring (bicyclic) bond motifs is 1. The van der Waals surface area contributed by atoms with Crippen molar-refractivity contribution in [2.24, 2.45) is 0 Å². The molecule has 0 fully saturated rings. The van der Waals surface area contributed by atoms with E-state index in [9.17, 15) is 4.79 Å². The summed E-state index contributed by atoms with van der Waals surface area (Å²) in [4.78, 5) is 12.2. The first-order valence-corrected chi connectivity index (χ1v) is 7.44. The smallest absolute Gasteiger partial charge is 0.187 e. The lowest BCUT2D eigenvalue weighted by atomic mass is 10.1. The van der Waals surface area contributed by atoms with Crippen LogP contribution >= 0.6 is 11.6 Å². The Morgan fingerprint density at radius 2 is 1.86 bits per heavy atom. The van der Waals surface area contributed by atoms with E-state index in [-0.39, 0.29) is 5.78 Å². The molecule has 2 aromatic rings. The number of allylic oxidation sites excluding steroid dienone is 2. The average Bonchev–Trinajstić information content (AvgIpc) is 2.95. The Hall–Kier alpha value is -2.10. The number of halogens is 1. The Morgan fingerprint density at radius 3 is 2.64 bits per heavy atom. The van der Waals surface area contributed by atoms with Gasteiger partial charge in [0.25, 0.3) is 0 Å². The second kappa shape index (κ2) is 6.34. The van der Waals surface area contributed by atoms with Gasteiger partial charge in [-0.1, -0.05) is 17.7 Å². The van der Waals surface area contributed by atoms with E-state index in [1.54, 1.807) is 30.3 Å².